The van der Waals surface area contributed by atoms with Crippen LogP contribution >= 0.6 is 11.3 Å². The van der Waals surface area contributed by atoms with Crippen LogP contribution in [0.3, 0.4) is 0 Å². The number of thiophene rings is 1. The van der Waals surface area contributed by atoms with E-state index in [-0.39, 0.29) is 0 Å². The molecule has 0 radical (unpaired) electrons. The van der Waals surface area contributed by atoms with Crippen molar-refractivity contribution in [3.05, 3.63) is 34.3 Å². The molecule has 0 amide bonds. The Morgan fingerprint density at radius 3 is 2.89 bits per heavy atom. The van der Waals surface area contributed by atoms with Gasteiger partial charge in [0.2, 0.25) is 0 Å². The minimum atomic E-state index is 0.799. The van der Waals surface area contributed by atoms with E-state index in [1.807, 2.05) is 13.0 Å². The molecule has 0 saturated heterocycles. The Morgan fingerprint density at radius 1 is 1.37 bits per heavy atom. The summed E-state index contributed by atoms with van der Waals surface area (Å²) in [5, 5.41) is 7.58. The van der Waals surface area contributed by atoms with Crippen molar-refractivity contribution in [1.82, 2.24) is 9.97 Å². The Labute approximate surface area is 118 Å². The first-order valence-electron chi connectivity index (χ1n) is 6.51. The van der Waals surface area contributed by atoms with Crippen molar-refractivity contribution in [1.29, 1.82) is 0 Å². The maximum atomic E-state index is 4.50. The summed E-state index contributed by atoms with van der Waals surface area (Å²) in [6.07, 6.45) is 1.09. The molecule has 0 bridgehead atoms. The van der Waals surface area contributed by atoms with Gasteiger partial charge in [0.05, 0.1) is 0 Å². The first-order chi connectivity index (χ1) is 9.19. The van der Waals surface area contributed by atoms with Crippen molar-refractivity contribution in [3.8, 4) is 0 Å². The molecular weight excluding hydrogens is 256 g/mol. The quantitative estimate of drug-likeness (QED) is 0.879. The van der Waals surface area contributed by atoms with E-state index >= 15 is 0 Å². The molecule has 0 unspecified atom stereocenters. The number of hydrogen-bond acceptors (Lipinski definition) is 5. The van der Waals surface area contributed by atoms with E-state index in [0.717, 1.165) is 37.0 Å². The van der Waals surface area contributed by atoms with E-state index in [4.69, 9.17) is 0 Å². The van der Waals surface area contributed by atoms with Crippen molar-refractivity contribution in [2.75, 3.05) is 23.8 Å². The lowest BCUT2D eigenvalue weighted by molar-refractivity contribution is 0.878. The van der Waals surface area contributed by atoms with E-state index in [0.29, 0.717) is 0 Å². The maximum Gasteiger partial charge on any atom is 0.134 e. The van der Waals surface area contributed by atoms with Gasteiger partial charge in [0.1, 0.15) is 17.5 Å². The molecule has 0 fully saturated rings. The van der Waals surface area contributed by atoms with Gasteiger partial charge < -0.3 is 10.2 Å². The molecular formula is C14H20N4S. The third-order valence-electron chi connectivity index (χ3n) is 2.77. The molecule has 0 saturated carbocycles. The molecule has 2 heterocycles. The minimum absolute atomic E-state index is 0.799. The molecule has 0 aliphatic carbocycles. The van der Waals surface area contributed by atoms with Gasteiger partial charge in [-0.15, -0.1) is 0 Å². The van der Waals surface area contributed by atoms with E-state index in [9.17, 15) is 0 Å². The maximum absolute atomic E-state index is 4.50. The molecule has 0 aliphatic heterocycles. The van der Waals surface area contributed by atoms with Crippen LogP contribution in [0.15, 0.2) is 22.9 Å². The Morgan fingerprint density at radius 2 is 2.21 bits per heavy atom. The second kappa shape index (κ2) is 6.52. The molecule has 0 spiro atoms. The first kappa shape index (κ1) is 13.8. The molecule has 0 atom stereocenters. The molecule has 4 nitrogen and oxygen atoms in total. The monoisotopic (exact) mass is 276 g/mol. The molecule has 0 aliphatic rings. The molecule has 0 aromatic carbocycles. The van der Waals surface area contributed by atoms with Crippen molar-refractivity contribution in [3.63, 3.8) is 0 Å². The molecule has 5 heteroatoms. The Kier molecular flexibility index (Phi) is 4.74. The standard InChI is InChI=1S/C14H20N4S/c1-4-6-15-13-8-14(17-11(2)16-13)18(3)9-12-5-7-19-10-12/h5,7-8,10H,4,6,9H2,1-3H3,(H,15,16,17). The fourth-order valence-corrected chi connectivity index (χ4v) is 2.49. The lowest BCUT2D eigenvalue weighted by atomic mass is 10.3. The zero-order chi connectivity index (χ0) is 13.7. The molecule has 19 heavy (non-hydrogen) atoms. The SMILES string of the molecule is CCCNc1cc(N(C)Cc2ccsc2)nc(C)n1. The van der Waals surface area contributed by atoms with Crippen molar-refractivity contribution >= 4 is 23.0 Å². The molecule has 102 valence electrons. The first-order valence-corrected chi connectivity index (χ1v) is 7.45. The second-order valence-corrected chi connectivity index (χ2v) is 5.35. The lowest BCUT2D eigenvalue weighted by Crippen LogP contribution is -2.18. The lowest BCUT2D eigenvalue weighted by Gasteiger charge is -2.18. The zero-order valence-electron chi connectivity index (χ0n) is 11.7. The summed E-state index contributed by atoms with van der Waals surface area (Å²) in [5.41, 5.74) is 1.31. The normalized spacial score (nSPS) is 10.5. The highest BCUT2D eigenvalue weighted by atomic mass is 32.1. The van der Waals surface area contributed by atoms with Crippen molar-refractivity contribution in [2.45, 2.75) is 26.8 Å². The Balaban J connectivity index is 2.11. The number of hydrogen-bond donors (Lipinski definition) is 1. The van der Waals surface area contributed by atoms with Crippen LogP contribution in [0.4, 0.5) is 11.6 Å². The molecule has 2 rings (SSSR count). The number of aromatic nitrogens is 2. The van der Waals surface area contributed by atoms with Crippen LogP contribution in [0.1, 0.15) is 24.7 Å². The number of anilines is 2. The highest BCUT2D eigenvalue weighted by Gasteiger charge is 2.07. The van der Waals surface area contributed by atoms with Crippen LogP contribution in [0.25, 0.3) is 0 Å². The molecule has 1 N–H and O–H groups in total. The van der Waals surface area contributed by atoms with E-state index in [1.165, 1.54) is 5.56 Å². The summed E-state index contributed by atoms with van der Waals surface area (Å²) in [6, 6.07) is 4.15. The summed E-state index contributed by atoms with van der Waals surface area (Å²) in [7, 11) is 2.06. The van der Waals surface area contributed by atoms with Crippen LogP contribution in [0.5, 0.6) is 0 Å². The van der Waals surface area contributed by atoms with E-state index < -0.39 is 0 Å². The zero-order valence-corrected chi connectivity index (χ0v) is 12.5. The number of rotatable bonds is 6. The summed E-state index contributed by atoms with van der Waals surface area (Å²) >= 11 is 1.72. The largest absolute Gasteiger partial charge is 0.370 e. The van der Waals surface area contributed by atoms with Crippen molar-refractivity contribution < 1.29 is 0 Å². The molecule has 2 aromatic heterocycles. The van der Waals surface area contributed by atoms with Gasteiger partial charge in [0.25, 0.3) is 0 Å². The van der Waals surface area contributed by atoms with Gasteiger partial charge in [-0.3, -0.25) is 0 Å². The van der Waals surface area contributed by atoms with Crippen LogP contribution in [-0.4, -0.2) is 23.6 Å². The number of nitrogens with one attached hydrogen (secondary N) is 1. The summed E-state index contributed by atoms with van der Waals surface area (Å²) in [5.74, 6) is 2.66. The average molecular weight is 276 g/mol. The van der Waals surface area contributed by atoms with Crippen LogP contribution in [-0.2, 0) is 6.54 Å². The predicted molar refractivity (Wildman–Crippen MR) is 82.0 cm³/mol. The minimum Gasteiger partial charge on any atom is -0.370 e. The van der Waals surface area contributed by atoms with Crippen LogP contribution < -0.4 is 10.2 Å². The van der Waals surface area contributed by atoms with Gasteiger partial charge in [0, 0.05) is 26.2 Å². The van der Waals surface area contributed by atoms with Crippen LogP contribution in [0.2, 0.25) is 0 Å². The fraction of sp³-hybridized carbons (Fsp3) is 0.429. The van der Waals surface area contributed by atoms with E-state index in [1.54, 1.807) is 11.3 Å². The highest BCUT2D eigenvalue weighted by molar-refractivity contribution is 7.07. The Hall–Kier alpha value is -1.62. The topological polar surface area (TPSA) is 41.0 Å². The summed E-state index contributed by atoms with van der Waals surface area (Å²) < 4.78 is 0. The Bertz CT molecular complexity index is 510. The predicted octanol–water partition coefficient (Wildman–Crippen LogP) is 3.30. The van der Waals surface area contributed by atoms with Crippen LogP contribution in [0, 0.1) is 6.92 Å². The number of nitrogens with zero attached hydrogens (tertiary/aromatic N) is 3. The second-order valence-electron chi connectivity index (χ2n) is 4.57. The average Bonchev–Trinajstić information content (AvgIpc) is 2.88. The van der Waals surface area contributed by atoms with Gasteiger partial charge >= 0.3 is 0 Å². The van der Waals surface area contributed by atoms with Gasteiger partial charge in [-0.25, -0.2) is 9.97 Å². The van der Waals surface area contributed by atoms with Crippen molar-refractivity contribution in [2.24, 2.45) is 0 Å². The number of aryl methyl sites for hydroxylation is 1. The van der Waals surface area contributed by atoms with Gasteiger partial charge in [-0.05, 0) is 35.7 Å². The summed E-state index contributed by atoms with van der Waals surface area (Å²) in [6.45, 7) is 5.88. The van der Waals surface area contributed by atoms with Gasteiger partial charge in [0.15, 0.2) is 0 Å². The third-order valence-corrected chi connectivity index (χ3v) is 3.50. The van der Waals surface area contributed by atoms with Gasteiger partial charge in [-0.1, -0.05) is 6.92 Å². The molecule has 2 aromatic rings. The third kappa shape index (κ3) is 3.92. The van der Waals surface area contributed by atoms with Gasteiger partial charge in [-0.2, -0.15) is 11.3 Å². The summed E-state index contributed by atoms with van der Waals surface area (Å²) in [4.78, 5) is 11.1. The van der Waals surface area contributed by atoms with E-state index in [2.05, 4.69) is 51.0 Å². The highest BCUT2D eigenvalue weighted by Crippen LogP contribution is 2.18. The smallest absolute Gasteiger partial charge is 0.134 e. The fourth-order valence-electron chi connectivity index (χ4n) is 1.83.